The van der Waals surface area contributed by atoms with Gasteiger partial charge in [-0.25, -0.2) is 0 Å². The zero-order valence-corrected chi connectivity index (χ0v) is 27.0. The molecule has 4 heterocycles. The van der Waals surface area contributed by atoms with Crippen LogP contribution >= 0.6 is 0 Å². The van der Waals surface area contributed by atoms with Gasteiger partial charge in [0.15, 0.2) is 11.0 Å². The molecule has 0 atom stereocenters. The Labute approximate surface area is 287 Å². The number of para-hydroxylation sites is 4. The third-order valence-electron chi connectivity index (χ3n) is 10.3. The molecule has 0 aliphatic heterocycles. The maximum Gasteiger partial charge on any atom is 0.336 e. The highest BCUT2D eigenvalue weighted by atomic mass is 15.0. The van der Waals surface area contributed by atoms with E-state index in [0.29, 0.717) is 0 Å². The van der Waals surface area contributed by atoms with Gasteiger partial charge >= 0.3 is 5.82 Å². The summed E-state index contributed by atoms with van der Waals surface area (Å²) in [5.74, 6) is 0.920. The number of hydrogen-bond donors (Lipinski definition) is 0. The molecule has 0 fully saturated rings. The molecule has 0 amide bonds. The average molecular weight is 638 g/mol. The molecule has 4 nitrogen and oxygen atoms in total. The summed E-state index contributed by atoms with van der Waals surface area (Å²) in [6, 6.07) is 61.0. The minimum Gasteiger partial charge on any atom is -0.316 e. The number of pyridine rings is 1. The van der Waals surface area contributed by atoms with Gasteiger partial charge in [-0.1, -0.05) is 103 Å². The average Bonchev–Trinajstić information content (AvgIpc) is 3.77. The van der Waals surface area contributed by atoms with Crippen LogP contribution in [0.25, 0.3) is 93.6 Å². The quantitative estimate of drug-likeness (QED) is 0.140. The largest absolute Gasteiger partial charge is 0.336 e. The number of rotatable bonds is 3. The molecule has 0 N–H and O–H groups in total. The van der Waals surface area contributed by atoms with Crippen molar-refractivity contribution in [3.63, 3.8) is 0 Å². The summed E-state index contributed by atoms with van der Waals surface area (Å²) in [4.78, 5) is 5.41. The van der Waals surface area contributed by atoms with Crippen LogP contribution in [-0.2, 0) is 0 Å². The van der Waals surface area contributed by atoms with E-state index in [-0.39, 0.29) is 0 Å². The number of nitrogens with zero attached hydrogens (tertiary/aromatic N) is 4. The van der Waals surface area contributed by atoms with Gasteiger partial charge in [0.1, 0.15) is 5.52 Å². The molecule has 4 aromatic heterocycles. The second-order valence-corrected chi connectivity index (χ2v) is 13.0. The molecule has 0 aliphatic carbocycles. The molecule has 0 unspecified atom stereocenters. The molecule has 7 aromatic carbocycles. The fraction of sp³-hybridized carbons (Fsp3) is 0. The lowest BCUT2D eigenvalue weighted by Crippen LogP contribution is -2.28. The molecular weight excluding hydrogens is 609 g/mol. The molecule has 0 spiro atoms. The number of aromatic nitrogens is 4. The van der Waals surface area contributed by atoms with Crippen LogP contribution in [-0.4, -0.2) is 14.1 Å². The Hall–Kier alpha value is -6.78. The van der Waals surface area contributed by atoms with Crippen LogP contribution in [0.3, 0.4) is 0 Å². The van der Waals surface area contributed by atoms with Gasteiger partial charge in [0.05, 0.1) is 27.5 Å². The molecule has 11 rings (SSSR count). The van der Waals surface area contributed by atoms with Crippen LogP contribution < -0.4 is 4.40 Å². The van der Waals surface area contributed by atoms with Crippen molar-refractivity contribution < 1.29 is 4.40 Å². The van der Waals surface area contributed by atoms with Crippen molar-refractivity contribution in [3.05, 3.63) is 176 Å². The zero-order chi connectivity index (χ0) is 32.8. The molecule has 4 heteroatoms. The molecule has 232 valence electrons. The van der Waals surface area contributed by atoms with Crippen LogP contribution in [0, 0.1) is 0 Å². The summed E-state index contributed by atoms with van der Waals surface area (Å²) in [7, 11) is 0. The van der Waals surface area contributed by atoms with Crippen LogP contribution in [0.2, 0.25) is 0 Å². The van der Waals surface area contributed by atoms with Gasteiger partial charge in [-0.05, 0) is 77.1 Å². The van der Waals surface area contributed by atoms with Gasteiger partial charge in [-0.3, -0.25) is 0 Å². The van der Waals surface area contributed by atoms with E-state index >= 15 is 0 Å². The summed E-state index contributed by atoms with van der Waals surface area (Å²) in [5, 5.41) is 8.51. The lowest BCUT2D eigenvalue weighted by molar-refractivity contribution is -0.469. The maximum absolute atomic E-state index is 5.41. The van der Waals surface area contributed by atoms with E-state index in [0.717, 1.165) is 39.2 Å². The maximum atomic E-state index is 5.41. The minimum absolute atomic E-state index is 0.920. The third-order valence-corrected chi connectivity index (χ3v) is 10.3. The number of hydrogen-bond acceptors (Lipinski definition) is 1. The number of benzene rings is 7. The summed E-state index contributed by atoms with van der Waals surface area (Å²) in [6.07, 6.45) is 2.19. The first kappa shape index (κ1) is 27.2. The molecule has 0 saturated carbocycles. The SMILES string of the molecule is c1ccc(-n2ccc3c2ccc2c4ccccc4n(-c4cccc(-c5nc6ccccc6c6c7ccccc7c7ccccc7[n+]56)c4)c23)cc1. The summed E-state index contributed by atoms with van der Waals surface area (Å²) in [5.41, 5.74) is 10.2. The van der Waals surface area contributed by atoms with E-state index in [4.69, 9.17) is 4.98 Å². The molecule has 0 radical (unpaired) electrons. The van der Waals surface area contributed by atoms with E-state index in [2.05, 4.69) is 190 Å². The third kappa shape index (κ3) is 3.76. The monoisotopic (exact) mass is 637 g/mol. The van der Waals surface area contributed by atoms with Crippen molar-refractivity contribution in [1.82, 2.24) is 14.1 Å². The van der Waals surface area contributed by atoms with Gasteiger partial charge in [0.2, 0.25) is 0 Å². The second kappa shape index (κ2) is 10.4. The standard InChI is InChI=1S/C46H29N4/c1-2-14-31(15-3-1)48-28-27-39-41(48)26-25-37-35-19-8-10-23-42(35)49(45(37)39)32-16-12-13-30(29-32)46-47-40-22-9-6-21-38(40)44-36-20-5-4-17-33(36)34-18-7-11-24-43(34)50(44)46/h1-29H/q+1. The Morgan fingerprint density at radius 3 is 2.02 bits per heavy atom. The normalized spacial score (nSPS) is 12.0. The molecule has 0 saturated heterocycles. The van der Waals surface area contributed by atoms with Crippen molar-refractivity contribution >= 4 is 70.8 Å². The van der Waals surface area contributed by atoms with Gasteiger partial charge < -0.3 is 9.13 Å². The molecular formula is C46H29N4+. The molecule has 0 bridgehead atoms. The lowest BCUT2D eigenvalue weighted by atomic mass is 10.0. The molecule has 50 heavy (non-hydrogen) atoms. The van der Waals surface area contributed by atoms with E-state index in [1.165, 1.54) is 54.4 Å². The minimum atomic E-state index is 0.920. The van der Waals surface area contributed by atoms with Crippen molar-refractivity contribution in [2.24, 2.45) is 0 Å². The first-order chi connectivity index (χ1) is 24.8. The van der Waals surface area contributed by atoms with E-state index < -0.39 is 0 Å². The highest BCUT2D eigenvalue weighted by Crippen LogP contribution is 2.39. The summed E-state index contributed by atoms with van der Waals surface area (Å²) in [6.45, 7) is 0. The van der Waals surface area contributed by atoms with Crippen LogP contribution in [0.5, 0.6) is 0 Å². The summed E-state index contributed by atoms with van der Waals surface area (Å²) < 4.78 is 7.10. The van der Waals surface area contributed by atoms with Gasteiger partial charge in [0.25, 0.3) is 0 Å². The molecule has 11 aromatic rings. The van der Waals surface area contributed by atoms with Crippen molar-refractivity contribution in [2.75, 3.05) is 0 Å². The Balaban J connectivity index is 1.24. The van der Waals surface area contributed by atoms with Gasteiger partial charge in [-0.2, -0.15) is 4.40 Å². The highest BCUT2D eigenvalue weighted by molar-refractivity contribution is 6.19. The van der Waals surface area contributed by atoms with E-state index in [1.54, 1.807) is 0 Å². The fourth-order valence-corrected chi connectivity index (χ4v) is 8.22. The van der Waals surface area contributed by atoms with Crippen LogP contribution in [0.15, 0.2) is 176 Å². The van der Waals surface area contributed by atoms with E-state index in [9.17, 15) is 0 Å². The zero-order valence-electron chi connectivity index (χ0n) is 27.0. The van der Waals surface area contributed by atoms with Gasteiger partial charge in [0, 0.05) is 44.5 Å². The Bertz CT molecular complexity index is 3150. The fourth-order valence-electron chi connectivity index (χ4n) is 8.22. The Kier molecular flexibility index (Phi) is 5.63. The Morgan fingerprint density at radius 1 is 0.440 bits per heavy atom. The van der Waals surface area contributed by atoms with Crippen molar-refractivity contribution in [2.45, 2.75) is 0 Å². The second-order valence-electron chi connectivity index (χ2n) is 13.0. The number of fused-ring (bicyclic) bond motifs is 13. The van der Waals surface area contributed by atoms with Crippen molar-refractivity contribution in [3.8, 4) is 22.8 Å². The highest BCUT2D eigenvalue weighted by Gasteiger charge is 2.25. The Morgan fingerprint density at radius 2 is 1.14 bits per heavy atom. The van der Waals surface area contributed by atoms with Crippen LogP contribution in [0.4, 0.5) is 0 Å². The van der Waals surface area contributed by atoms with Gasteiger partial charge in [-0.15, -0.1) is 0 Å². The summed E-state index contributed by atoms with van der Waals surface area (Å²) >= 11 is 0. The lowest BCUT2D eigenvalue weighted by Gasteiger charge is -2.13. The first-order valence-electron chi connectivity index (χ1n) is 17.1. The topological polar surface area (TPSA) is 26.9 Å². The van der Waals surface area contributed by atoms with E-state index in [1.807, 2.05) is 0 Å². The first-order valence-corrected chi connectivity index (χ1v) is 17.1. The molecule has 0 aliphatic rings. The predicted molar refractivity (Wildman–Crippen MR) is 207 cm³/mol. The smallest absolute Gasteiger partial charge is 0.316 e. The predicted octanol–water partition coefficient (Wildman–Crippen LogP) is 11.0. The van der Waals surface area contributed by atoms with Crippen molar-refractivity contribution in [1.29, 1.82) is 0 Å². The van der Waals surface area contributed by atoms with Crippen LogP contribution in [0.1, 0.15) is 0 Å².